The van der Waals surface area contributed by atoms with E-state index in [2.05, 4.69) is 16.9 Å². The third kappa shape index (κ3) is 3.57. The number of amidine groups is 1. The molecule has 5 nitrogen and oxygen atoms in total. The van der Waals surface area contributed by atoms with Crippen molar-refractivity contribution in [1.82, 2.24) is 10.2 Å². The minimum Gasteiger partial charge on any atom is -0.379 e. The van der Waals surface area contributed by atoms with Crippen LogP contribution in [0.4, 0.5) is 0 Å². The summed E-state index contributed by atoms with van der Waals surface area (Å²) in [5.41, 5.74) is 2.82. The van der Waals surface area contributed by atoms with Crippen molar-refractivity contribution >= 4 is 41.0 Å². The van der Waals surface area contributed by atoms with Gasteiger partial charge in [0.15, 0.2) is 5.84 Å². The summed E-state index contributed by atoms with van der Waals surface area (Å²) in [6.07, 6.45) is 2.82. The Labute approximate surface area is 161 Å². The number of hydrogen-bond donors (Lipinski definition) is 2. The Bertz CT molecular complexity index is 889. The number of nitrogens with zero attached hydrogens (tertiary/aromatic N) is 2. The van der Waals surface area contributed by atoms with Crippen LogP contribution >= 0.6 is 22.9 Å². The number of benzene rings is 1. The molecule has 2 N–H and O–H groups in total. The number of carbonyl (C=O) groups excluding carboxylic acids is 1. The third-order valence-corrected chi connectivity index (χ3v) is 5.59. The zero-order chi connectivity index (χ0) is 18.7. The summed E-state index contributed by atoms with van der Waals surface area (Å²) in [4.78, 5) is 19.2. The molecule has 1 aliphatic rings. The first-order valence-electron chi connectivity index (χ1n) is 8.12. The van der Waals surface area contributed by atoms with Crippen molar-refractivity contribution in [2.24, 2.45) is 4.99 Å². The van der Waals surface area contributed by atoms with Crippen molar-refractivity contribution < 1.29 is 4.79 Å². The summed E-state index contributed by atoms with van der Waals surface area (Å²) in [5.74, 6) is 0.00340. The molecule has 3 rings (SSSR count). The average Bonchev–Trinajstić information content (AvgIpc) is 3.04. The van der Waals surface area contributed by atoms with Gasteiger partial charge in [0.2, 0.25) is 5.91 Å². The topological polar surface area (TPSA) is 68.5 Å². The Hall–Kier alpha value is -2.44. The van der Waals surface area contributed by atoms with Gasteiger partial charge in [0.05, 0.1) is 17.2 Å². The Morgan fingerprint density at radius 2 is 2.23 bits per heavy atom. The molecule has 1 aliphatic heterocycles. The number of rotatable bonds is 4. The van der Waals surface area contributed by atoms with E-state index in [9.17, 15) is 4.79 Å². The highest BCUT2D eigenvalue weighted by atomic mass is 35.5. The Morgan fingerprint density at radius 3 is 2.96 bits per heavy atom. The maximum Gasteiger partial charge on any atom is 0.246 e. The maximum absolute atomic E-state index is 12.2. The normalized spacial score (nSPS) is 16.4. The Kier molecular flexibility index (Phi) is 5.54. The van der Waals surface area contributed by atoms with E-state index < -0.39 is 0 Å². The van der Waals surface area contributed by atoms with E-state index in [1.807, 2.05) is 30.3 Å². The van der Waals surface area contributed by atoms with E-state index in [-0.39, 0.29) is 17.7 Å². The molecule has 134 valence electrons. The van der Waals surface area contributed by atoms with Crippen molar-refractivity contribution in [1.29, 1.82) is 5.41 Å². The van der Waals surface area contributed by atoms with E-state index in [1.54, 1.807) is 11.9 Å². The van der Waals surface area contributed by atoms with Crippen LogP contribution in [-0.2, 0) is 11.3 Å². The summed E-state index contributed by atoms with van der Waals surface area (Å²) >= 11 is 7.75. The van der Waals surface area contributed by atoms with Gasteiger partial charge in [0, 0.05) is 30.0 Å². The lowest BCUT2D eigenvalue weighted by atomic mass is 9.85. The Balaban J connectivity index is 2.07. The van der Waals surface area contributed by atoms with E-state index in [0.29, 0.717) is 17.4 Å². The van der Waals surface area contributed by atoms with Gasteiger partial charge in [0.1, 0.15) is 0 Å². The molecule has 7 heteroatoms. The summed E-state index contributed by atoms with van der Waals surface area (Å²) in [6.45, 7) is 4.65. The minimum absolute atomic E-state index is 0.0623. The zero-order valence-electron chi connectivity index (χ0n) is 14.3. The van der Waals surface area contributed by atoms with Crippen LogP contribution in [0.15, 0.2) is 48.0 Å². The fraction of sp³-hybridized carbons (Fsp3) is 0.211. The summed E-state index contributed by atoms with van der Waals surface area (Å²) in [6, 6.07) is 9.67. The van der Waals surface area contributed by atoms with Gasteiger partial charge >= 0.3 is 0 Å². The molecule has 0 spiro atoms. The highest BCUT2D eigenvalue weighted by molar-refractivity contribution is 7.16. The lowest BCUT2D eigenvalue weighted by Crippen LogP contribution is -2.37. The molecule has 2 aromatic rings. The minimum atomic E-state index is -0.106. The first-order chi connectivity index (χ1) is 12.5. The summed E-state index contributed by atoms with van der Waals surface area (Å²) < 4.78 is 0.702. The quantitative estimate of drug-likeness (QED) is 0.478. The molecule has 2 heterocycles. The number of carbonyl (C=O) groups is 1. The highest BCUT2D eigenvalue weighted by Gasteiger charge is 2.31. The zero-order valence-corrected chi connectivity index (χ0v) is 15.9. The molecule has 0 fully saturated rings. The maximum atomic E-state index is 12.2. The number of aliphatic imine (C=N–C) groups is 1. The van der Waals surface area contributed by atoms with Crippen LogP contribution in [0.25, 0.3) is 0 Å². The first kappa shape index (κ1) is 18.4. The summed E-state index contributed by atoms with van der Waals surface area (Å²) in [7, 11) is 1.74. The molecule has 1 atom stereocenters. The number of thiophene rings is 1. The predicted molar refractivity (Wildman–Crippen MR) is 108 cm³/mol. The Morgan fingerprint density at radius 1 is 1.46 bits per heavy atom. The van der Waals surface area contributed by atoms with Crippen LogP contribution in [0.3, 0.4) is 0 Å². The van der Waals surface area contributed by atoms with Gasteiger partial charge in [-0.2, -0.15) is 0 Å². The van der Waals surface area contributed by atoms with Crippen LogP contribution in [0.2, 0.25) is 4.34 Å². The van der Waals surface area contributed by atoms with Crippen LogP contribution in [0.5, 0.6) is 0 Å². The largest absolute Gasteiger partial charge is 0.379 e. The molecule has 0 saturated heterocycles. The van der Waals surface area contributed by atoms with Crippen molar-refractivity contribution in [3.8, 4) is 0 Å². The van der Waals surface area contributed by atoms with Gasteiger partial charge in [-0.25, -0.2) is 4.99 Å². The number of fused-ring (bicyclic) bond motifs is 1. The predicted octanol–water partition coefficient (Wildman–Crippen LogP) is 3.63. The van der Waals surface area contributed by atoms with Crippen molar-refractivity contribution in [3.63, 3.8) is 0 Å². The molecule has 0 aliphatic carbocycles. The van der Waals surface area contributed by atoms with Gasteiger partial charge in [-0.05, 0) is 23.3 Å². The van der Waals surface area contributed by atoms with Gasteiger partial charge in [-0.1, -0.05) is 42.4 Å². The van der Waals surface area contributed by atoms with Crippen molar-refractivity contribution in [3.05, 3.63) is 68.9 Å². The molecule has 0 unspecified atom stereocenters. The number of hydrogen-bond acceptors (Lipinski definition) is 3. The first-order valence-corrected chi connectivity index (χ1v) is 9.31. The molecule has 1 aromatic heterocycles. The second-order valence-corrected chi connectivity index (χ2v) is 7.66. The van der Waals surface area contributed by atoms with Gasteiger partial charge in [-0.3, -0.25) is 10.2 Å². The van der Waals surface area contributed by atoms with Gasteiger partial charge < -0.3 is 10.2 Å². The molecule has 0 radical (unpaired) electrons. The molecule has 26 heavy (non-hydrogen) atoms. The van der Waals surface area contributed by atoms with Crippen LogP contribution in [0, 0.1) is 5.41 Å². The lowest BCUT2D eigenvalue weighted by Gasteiger charge is -2.33. The summed E-state index contributed by atoms with van der Waals surface area (Å²) in [5, 5.41) is 11.1. The fourth-order valence-electron chi connectivity index (χ4n) is 3.16. The smallest absolute Gasteiger partial charge is 0.246 e. The molecule has 1 amide bonds. The van der Waals surface area contributed by atoms with E-state index >= 15 is 0 Å². The van der Waals surface area contributed by atoms with Gasteiger partial charge in [0.25, 0.3) is 0 Å². The second kappa shape index (κ2) is 7.85. The molecule has 1 aromatic carbocycles. The number of amides is 1. The molecular formula is C19H19ClN4OS. The van der Waals surface area contributed by atoms with Crippen LogP contribution in [-0.4, -0.2) is 36.6 Å². The lowest BCUT2D eigenvalue weighted by molar-refractivity contribution is -0.127. The van der Waals surface area contributed by atoms with Crippen molar-refractivity contribution in [2.75, 3.05) is 13.6 Å². The molecular weight excluding hydrogens is 368 g/mol. The number of nitrogens with one attached hydrogen (secondary N) is 2. The second-order valence-electron chi connectivity index (χ2n) is 5.89. The van der Waals surface area contributed by atoms with Crippen LogP contribution < -0.4 is 5.32 Å². The third-order valence-electron chi connectivity index (χ3n) is 4.32. The molecule has 0 saturated carbocycles. The van der Waals surface area contributed by atoms with Crippen LogP contribution in [0.1, 0.15) is 27.5 Å². The van der Waals surface area contributed by atoms with E-state index in [0.717, 1.165) is 21.6 Å². The average molecular weight is 387 g/mol. The number of halogens is 1. The monoisotopic (exact) mass is 386 g/mol. The highest BCUT2D eigenvalue weighted by Crippen LogP contribution is 2.41. The SMILES string of the molecule is C=CC(=O)N1Cc2sc(Cl)cc2[C@H](c2ccccc2C(=N)/N=C\NC)C1. The van der Waals surface area contributed by atoms with E-state index in [4.69, 9.17) is 17.0 Å². The van der Waals surface area contributed by atoms with E-state index in [1.165, 1.54) is 23.8 Å². The van der Waals surface area contributed by atoms with Gasteiger partial charge in [-0.15, -0.1) is 11.3 Å². The standard InChI is InChI=1S/C19H19ClN4OS/c1-3-18(25)24-9-15(14-8-17(20)26-16(14)10-24)12-6-4-5-7-13(12)19(21)23-11-22-2/h3-8,11,15H,1,9-10H2,2H3,(H2,21,22,23)/t15-/m0/s1. The molecule has 0 bridgehead atoms. The fourth-order valence-corrected chi connectivity index (χ4v) is 4.52. The van der Waals surface area contributed by atoms with Crippen molar-refractivity contribution in [2.45, 2.75) is 12.5 Å².